The fourth-order valence-corrected chi connectivity index (χ4v) is 4.56. The lowest BCUT2D eigenvalue weighted by Gasteiger charge is -2.08. The van der Waals surface area contributed by atoms with Crippen molar-refractivity contribution in [1.29, 1.82) is 0 Å². The summed E-state index contributed by atoms with van der Waals surface area (Å²) in [5.74, 6) is 0.551. The van der Waals surface area contributed by atoms with Gasteiger partial charge >= 0.3 is 0 Å². The molecular weight excluding hydrogens is 463 g/mol. The molecule has 0 saturated carbocycles. The number of rotatable bonds is 6. The van der Waals surface area contributed by atoms with E-state index in [-0.39, 0.29) is 5.13 Å². The van der Waals surface area contributed by atoms with Crippen LogP contribution in [0.2, 0.25) is 0 Å². The lowest BCUT2D eigenvalue weighted by molar-refractivity contribution is 0.657. The van der Waals surface area contributed by atoms with Crippen molar-refractivity contribution in [1.82, 2.24) is 35.1 Å². The van der Waals surface area contributed by atoms with Gasteiger partial charge in [0.05, 0.1) is 33.5 Å². The Labute approximate surface area is 203 Å². The summed E-state index contributed by atoms with van der Waals surface area (Å²) in [6.07, 6.45) is 6.03. The summed E-state index contributed by atoms with van der Waals surface area (Å²) >= 11 is 1.04. The van der Waals surface area contributed by atoms with E-state index in [9.17, 15) is 4.39 Å². The highest BCUT2D eigenvalue weighted by Crippen LogP contribution is 2.33. The summed E-state index contributed by atoms with van der Waals surface area (Å²) in [5, 5.41) is 10.5. The quantitative estimate of drug-likeness (QED) is 0.262. The minimum absolute atomic E-state index is 0.266. The number of imidazole rings is 1. The molecule has 6 heterocycles. The van der Waals surface area contributed by atoms with Gasteiger partial charge in [-0.05, 0) is 42.8 Å². The molecule has 0 aliphatic rings. The average Bonchev–Trinajstić information content (AvgIpc) is 3.61. The van der Waals surface area contributed by atoms with Crippen LogP contribution in [0.5, 0.6) is 0 Å². The van der Waals surface area contributed by atoms with Gasteiger partial charge in [-0.25, -0.2) is 9.97 Å². The maximum absolute atomic E-state index is 13.6. The van der Waals surface area contributed by atoms with Crippen LogP contribution in [0, 0.1) is 5.13 Å². The molecule has 0 amide bonds. The first-order chi connectivity index (χ1) is 17.1. The fourth-order valence-electron chi connectivity index (χ4n) is 3.84. The van der Waals surface area contributed by atoms with Gasteiger partial charge in [-0.3, -0.25) is 15.1 Å². The van der Waals surface area contributed by atoms with E-state index >= 15 is 0 Å². The van der Waals surface area contributed by atoms with Gasteiger partial charge in [-0.15, -0.1) is 11.3 Å². The monoisotopic (exact) mass is 482 g/mol. The molecule has 3 N–H and O–H groups in total. The second kappa shape index (κ2) is 8.41. The maximum Gasteiger partial charge on any atom is 0.177 e. The van der Waals surface area contributed by atoms with Crippen LogP contribution < -0.4 is 5.32 Å². The minimum Gasteiger partial charge on any atom is -0.358 e. The third kappa shape index (κ3) is 3.83. The fraction of sp³-hybridized carbons (Fsp3) is 0.0800. The molecular formula is C25H19FN8S. The summed E-state index contributed by atoms with van der Waals surface area (Å²) in [6.45, 7) is 6.03. The predicted octanol–water partition coefficient (Wildman–Crippen LogP) is 6.16. The molecule has 0 spiro atoms. The van der Waals surface area contributed by atoms with Crippen molar-refractivity contribution in [3.05, 3.63) is 72.4 Å². The number of hydrogen-bond acceptors (Lipinski definition) is 7. The molecule has 0 bridgehead atoms. The molecule has 0 atom stereocenters. The van der Waals surface area contributed by atoms with E-state index in [0.29, 0.717) is 33.1 Å². The van der Waals surface area contributed by atoms with Crippen molar-refractivity contribution in [2.24, 2.45) is 0 Å². The summed E-state index contributed by atoms with van der Waals surface area (Å²) in [4.78, 5) is 22.4. The molecule has 8 nitrogen and oxygen atoms in total. The molecule has 0 aliphatic heterocycles. The summed E-state index contributed by atoms with van der Waals surface area (Å²) in [6, 6.07) is 10.8. The Hall–Kier alpha value is -4.44. The molecule has 0 aliphatic carbocycles. The Bertz CT molecular complexity index is 1710. The maximum atomic E-state index is 13.6. The van der Waals surface area contributed by atoms with Gasteiger partial charge in [0.2, 0.25) is 0 Å². The van der Waals surface area contributed by atoms with E-state index in [1.807, 2.05) is 31.2 Å². The van der Waals surface area contributed by atoms with E-state index < -0.39 is 0 Å². The molecule has 6 aromatic heterocycles. The van der Waals surface area contributed by atoms with Gasteiger partial charge in [0.1, 0.15) is 16.7 Å². The predicted molar refractivity (Wildman–Crippen MR) is 136 cm³/mol. The van der Waals surface area contributed by atoms with E-state index in [1.165, 1.54) is 6.07 Å². The van der Waals surface area contributed by atoms with Crippen molar-refractivity contribution in [3.63, 3.8) is 0 Å². The second-order valence-corrected chi connectivity index (χ2v) is 8.99. The Morgan fingerprint density at radius 1 is 1.06 bits per heavy atom. The minimum atomic E-state index is -0.266. The number of allylic oxidation sites excluding steroid dienone is 1. The zero-order valence-corrected chi connectivity index (χ0v) is 19.4. The van der Waals surface area contributed by atoms with Gasteiger partial charge in [0.15, 0.2) is 16.6 Å². The zero-order valence-electron chi connectivity index (χ0n) is 18.6. The van der Waals surface area contributed by atoms with Gasteiger partial charge in [0, 0.05) is 23.7 Å². The number of thiophene rings is 1. The van der Waals surface area contributed by atoms with Crippen molar-refractivity contribution in [2.45, 2.75) is 13.3 Å². The molecule has 35 heavy (non-hydrogen) atoms. The number of hydrogen-bond donors (Lipinski definition) is 3. The number of aromatic nitrogens is 7. The third-order valence-electron chi connectivity index (χ3n) is 5.62. The highest BCUT2D eigenvalue weighted by atomic mass is 32.1. The number of halogens is 1. The van der Waals surface area contributed by atoms with Gasteiger partial charge < -0.3 is 10.3 Å². The van der Waals surface area contributed by atoms with E-state index in [4.69, 9.17) is 9.97 Å². The van der Waals surface area contributed by atoms with Crippen LogP contribution in [0.3, 0.4) is 0 Å². The van der Waals surface area contributed by atoms with Crippen molar-refractivity contribution < 1.29 is 4.39 Å². The Morgan fingerprint density at radius 2 is 1.94 bits per heavy atom. The lowest BCUT2D eigenvalue weighted by Crippen LogP contribution is -1.97. The van der Waals surface area contributed by atoms with Crippen LogP contribution in [0.15, 0.2) is 67.3 Å². The SMILES string of the molecule is C=C(CC)Nc1cncc(-c2ccc3[nH]nc(-c4nc5c(-c6ccc(F)s6)nccc5[nH]4)c3n2)c1. The largest absolute Gasteiger partial charge is 0.358 e. The van der Waals surface area contributed by atoms with Crippen LogP contribution in [0.4, 0.5) is 10.1 Å². The number of fused-ring (bicyclic) bond motifs is 2. The first-order valence-corrected chi connectivity index (χ1v) is 11.8. The van der Waals surface area contributed by atoms with Crippen molar-refractivity contribution in [2.75, 3.05) is 5.32 Å². The molecule has 0 aromatic carbocycles. The molecule has 172 valence electrons. The molecule has 6 rings (SSSR count). The summed E-state index contributed by atoms with van der Waals surface area (Å²) in [7, 11) is 0. The molecule has 10 heteroatoms. The smallest absolute Gasteiger partial charge is 0.177 e. The van der Waals surface area contributed by atoms with Crippen LogP contribution in [0.25, 0.3) is 55.4 Å². The Morgan fingerprint density at radius 3 is 2.77 bits per heavy atom. The first kappa shape index (κ1) is 21.1. The van der Waals surface area contributed by atoms with E-state index in [2.05, 4.69) is 37.0 Å². The number of pyridine rings is 3. The van der Waals surface area contributed by atoms with Crippen LogP contribution in [0.1, 0.15) is 13.3 Å². The second-order valence-electron chi connectivity index (χ2n) is 7.95. The van der Waals surface area contributed by atoms with E-state index in [1.54, 1.807) is 24.7 Å². The standard InChI is InChI=1S/C25H19FN8S/c1-3-13(2)29-15-10-14(11-27-12-15)16-4-5-18-22(30-16)24(34-33-18)25-31-17-8-9-28-23(21(17)32-25)19-6-7-20(26)35-19/h4-12,29H,2-3H2,1H3,(H,31,32)(H,33,34). The highest BCUT2D eigenvalue weighted by Gasteiger charge is 2.18. The number of H-pyrrole nitrogens is 2. The number of anilines is 1. The van der Waals surface area contributed by atoms with Gasteiger partial charge in [0.25, 0.3) is 0 Å². The molecule has 0 fully saturated rings. The molecule has 0 saturated heterocycles. The van der Waals surface area contributed by atoms with Crippen LogP contribution in [-0.4, -0.2) is 35.1 Å². The van der Waals surface area contributed by atoms with E-state index in [0.717, 1.165) is 51.4 Å². The summed E-state index contributed by atoms with van der Waals surface area (Å²) in [5.41, 5.74) is 7.48. The normalized spacial score (nSPS) is 11.4. The van der Waals surface area contributed by atoms with Gasteiger partial charge in [-0.1, -0.05) is 13.5 Å². The van der Waals surface area contributed by atoms with Gasteiger partial charge in [-0.2, -0.15) is 9.49 Å². The number of aromatic amines is 2. The van der Waals surface area contributed by atoms with Crippen molar-refractivity contribution >= 4 is 39.1 Å². The lowest BCUT2D eigenvalue weighted by atomic mass is 10.1. The molecule has 0 unspecified atom stereocenters. The topological polar surface area (TPSA) is 108 Å². The van der Waals surface area contributed by atoms with Crippen LogP contribution >= 0.6 is 11.3 Å². The van der Waals surface area contributed by atoms with Crippen molar-refractivity contribution in [3.8, 4) is 33.3 Å². The highest BCUT2D eigenvalue weighted by molar-refractivity contribution is 7.13. The molecule has 0 radical (unpaired) electrons. The van der Waals surface area contributed by atoms with Crippen LogP contribution in [-0.2, 0) is 0 Å². The third-order valence-corrected chi connectivity index (χ3v) is 6.50. The Kier molecular flexibility index (Phi) is 5.07. The summed E-state index contributed by atoms with van der Waals surface area (Å²) < 4.78 is 13.6. The number of nitrogens with one attached hydrogen (secondary N) is 3. The first-order valence-electron chi connectivity index (χ1n) is 10.9. The Balaban J connectivity index is 1.43. The number of nitrogens with zero attached hydrogens (tertiary/aromatic N) is 5. The average molecular weight is 483 g/mol. The zero-order chi connectivity index (χ0) is 23.9. The molecule has 6 aromatic rings.